The lowest BCUT2D eigenvalue weighted by molar-refractivity contribution is -0.136. The molecule has 4 aromatic carbocycles. The molecule has 2 aliphatic rings. The highest BCUT2D eigenvalue weighted by molar-refractivity contribution is 14.1. The first-order chi connectivity index (χ1) is 21.9. The van der Waals surface area contributed by atoms with Gasteiger partial charge in [0.1, 0.15) is 13.2 Å². The molecule has 0 saturated carbocycles. The Morgan fingerprint density at radius 1 is 0.911 bits per heavy atom. The molecule has 10 heteroatoms. The van der Waals surface area contributed by atoms with Crippen LogP contribution in [0.3, 0.4) is 0 Å². The summed E-state index contributed by atoms with van der Waals surface area (Å²) in [4.78, 5) is 44.5. The number of nitrogens with zero attached hydrogens (tertiary/aromatic N) is 3. The van der Waals surface area contributed by atoms with Gasteiger partial charge in [-0.05, 0) is 93.5 Å². The van der Waals surface area contributed by atoms with E-state index in [9.17, 15) is 14.4 Å². The molecule has 8 nitrogen and oxygen atoms in total. The van der Waals surface area contributed by atoms with Crippen LogP contribution in [0.25, 0.3) is 16.8 Å². The van der Waals surface area contributed by atoms with E-state index in [4.69, 9.17) is 9.47 Å². The number of rotatable bonds is 9. The van der Waals surface area contributed by atoms with Crippen LogP contribution in [0.4, 0.5) is 10.5 Å². The third-order valence-corrected chi connectivity index (χ3v) is 9.51. The number of hydrogen-bond donors (Lipinski definition) is 0. The standard InChI is InChI=1S/C35H32IN3O5S/c1-2-43-30-20-24(19-29(36)33(30)44-23-26-11-8-10-25-9-6-7-14-28(25)26)21-31-34(41)39(35(42)45-31)22-32(40)38-17-15-37(16-18-38)27-12-4-3-5-13-27/h3-14,19-21H,2,15-18,22-23H2,1H3/b31-21+. The van der Waals surface area contributed by atoms with Crippen molar-refractivity contribution in [2.45, 2.75) is 13.5 Å². The van der Waals surface area contributed by atoms with Gasteiger partial charge in [-0.15, -0.1) is 0 Å². The molecule has 0 N–H and O–H groups in total. The van der Waals surface area contributed by atoms with Crippen LogP contribution in [0.2, 0.25) is 0 Å². The highest BCUT2D eigenvalue weighted by Gasteiger charge is 2.37. The second-order valence-electron chi connectivity index (χ2n) is 10.7. The Balaban J connectivity index is 1.13. The van der Waals surface area contributed by atoms with Crippen molar-refractivity contribution in [3.05, 3.63) is 105 Å². The van der Waals surface area contributed by atoms with E-state index in [1.165, 1.54) is 0 Å². The summed E-state index contributed by atoms with van der Waals surface area (Å²) in [6, 6.07) is 28.1. The summed E-state index contributed by atoms with van der Waals surface area (Å²) < 4.78 is 13.1. The van der Waals surface area contributed by atoms with E-state index in [1.54, 1.807) is 11.0 Å². The van der Waals surface area contributed by atoms with Crippen molar-refractivity contribution in [3.8, 4) is 11.5 Å². The van der Waals surface area contributed by atoms with Crippen LogP contribution < -0.4 is 14.4 Å². The molecule has 2 aliphatic heterocycles. The number of anilines is 1. The first-order valence-electron chi connectivity index (χ1n) is 14.8. The number of carbonyl (C=O) groups excluding carboxylic acids is 3. The molecule has 4 aromatic rings. The fourth-order valence-electron chi connectivity index (χ4n) is 5.52. The molecule has 0 spiro atoms. The largest absolute Gasteiger partial charge is 0.490 e. The molecule has 0 radical (unpaired) electrons. The molecule has 0 unspecified atom stereocenters. The SMILES string of the molecule is CCOc1cc(/C=C2/SC(=O)N(CC(=O)N3CCN(c4ccccc4)CC3)C2=O)cc(I)c1OCc1cccc2ccccc12. The van der Waals surface area contributed by atoms with Gasteiger partial charge in [0.05, 0.1) is 15.1 Å². The smallest absolute Gasteiger partial charge is 0.294 e. The zero-order valence-corrected chi connectivity index (χ0v) is 27.8. The second kappa shape index (κ2) is 13.9. The average Bonchev–Trinajstić information content (AvgIpc) is 3.32. The van der Waals surface area contributed by atoms with Gasteiger partial charge in [-0.25, -0.2) is 0 Å². The number of carbonyl (C=O) groups is 3. The monoisotopic (exact) mass is 733 g/mol. The summed E-state index contributed by atoms with van der Waals surface area (Å²) in [6.07, 6.45) is 1.67. The number of ether oxygens (including phenoxy) is 2. The van der Waals surface area contributed by atoms with Crippen LogP contribution in [0.15, 0.2) is 89.8 Å². The minimum absolute atomic E-state index is 0.230. The molecule has 2 heterocycles. The van der Waals surface area contributed by atoms with Crippen molar-refractivity contribution in [2.75, 3.05) is 44.2 Å². The molecule has 2 saturated heterocycles. The van der Waals surface area contributed by atoms with Crippen molar-refractivity contribution in [1.29, 1.82) is 0 Å². The van der Waals surface area contributed by atoms with E-state index in [-0.39, 0.29) is 17.4 Å². The molecular weight excluding hydrogens is 701 g/mol. The third-order valence-electron chi connectivity index (χ3n) is 7.80. The van der Waals surface area contributed by atoms with E-state index >= 15 is 0 Å². The number of halogens is 1. The summed E-state index contributed by atoms with van der Waals surface area (Å²) in [5.41, 5.74) is 2.89. The van der Waals surface area contributed by atoms with Crippen LogP contribution in [0.5, 0.6) is 11.5 Å². The summed E-state index contributed by atoms with van der Waals surface area (Å²) in [5.74, 6) is 0.478. The van der Waals surface area contributed by atoms with Crippen LogP contribution in [0.1, 0.15) is 18.1 Å². The van der Waals surface area contributed by atoms with Gasteiger partial charge in [0.15, 0.2) is 11.5 Å². The van der Waals surface area contributed by atoms with Crippen LogP contribution >= 0.6 is 34.4 Å². The number of benzene rings is 4. The number of para-hydroxylation sites is 1. The minimum Gasteiger partial charge on any atom is -0.490 e. The fraction of sp³-hybridized carbons (Fsp3) is 0.229. The third kappa shape index (κ3) is 6.96. The maximum Gasteiger partial charge on any atom is 0.294 e. The average molecular weight is 734 g/mol. The van der Waals surface area contributed by atoms with Gasteiger partial charge in [0, 0.05) is 31.9 Å². The second-order valence-corrected chi connectivity index (χ2v) is 12.8. The van der Waals surface area contributed by atoms with Gasteiger partial charge in [-0.2, -0.15) is 0 Å². The lowest BCUT2D eigenvalue weighted by Crippen LogP contribution is -2.51. The quantitative estimate of drug-likeness (QED) is 0.138. The van der Waals surface area contributed by atoms with Crippen LogP contribution in [-0.2, 0) is 16.2 Å². The molecule has 0 aromatic heterocycles. The van der Waals surface area contributed by atoms with E-state index in [2.05, 4.69) is 63.9 Å². The maximum absolute atomic E-state index is 13.3. The van der Waals surface area contributed by atoms with E-state index in [1.807, 2.05) is 55.5 Å². The lowest BCUT2D eigenvalue weighted by atomic mass is 10.1. The van der Waals surface area contributed by atoms with Gasteiger partial charge in [0.25, 0.3) is 11.1 Å². The molecule has 230 valence electrons. The predicted octanol–water partition coefficient (Wildman–Crippen LogP) is 6.81. The molecule has 2 fully saturated rings. The molecule has 0 atom stereocenters. The van der Waals surface area contributed by atoms with E-state index < -0.39 is 11.1 Å². The van der Waals surface area contributed by atoms with Crippen LogP contribution in [0, 0.1) is 3.57 Å². The molecule has 0 aliphatic carbocycles. The Kier molecular flexibility index (Phi) is 9.60. The first-order valence-corrected chi connectivity index (χ1v) is 16.7. The van der Waals surface area contributed by atoms with Crippen molar-refractivity contribution in [3.63, 3.8) is 0 Å². The van der Waals surface area contributed by atoms with Crippen molar-refractivity contribution in [1.82, 2.24) is 9.80 Å². The van der Waals surface area contributed by atoms with Crippen molar-refractivity contribution < 1.29 is 23.9 Å². The van der Waals surface area contributed by atoms with Gasteiger partial charge < -0.3 is 19.3 Å². The number of thioether (sulfide) groups is 1. The maximum atomic E-state index is 13.3. The predicted molar refractivity (Wildman–Crippen MR) is 187 cm³/mol. The molecule has 3 amide bonds. The summed E-state index contributed by atoms with van der Waals surface area (Å²) >= 11 is 3.05. The number of piperazine rings is 1. The number of hydrogen-bond acceptors (Lipinski definition) is 7. The Bertz CT molecular complexity index is 1770. The number of imide groups is 1. The molecule has 0 bridgehead atoms. The lowest BCUT2D eigenvalue weighted by Gasteiger charge is -2.36. The van der Waals surface area contributed by atoms with Gasteiger partial charge in [0.2, 0.25) is 5.91 Å². The minimum atomic E-state index is -0.467. The highest BCUT2D eigenvalue weighted by atomic mass is 127. The van der Waals surface area contributed by atoms with Crippen molar-refractivity contribution >= 4 is 73.9 Å². The Morgan fingerprint density at radius 2 is 1.64 bits per heavy atom. The Morgan fingerprint density at radius 3 is 2.42 bits per heavy atom. The topological polar surface area (TPSA) is 79.4 Å². The normalized spacial score (nSPS) is 16.1. The Hall–Kier alpha value is -4.03. The van der Waals surface area contributed by atoms with Gasteiger partial charge in [-0.3, -0.25) is 19.3 Å². The molecular formula is C35H32IN3O5S. The van der Waals surface area contributed by atoms with Gasteiger partial charge >= 0.3 is 0 Å². The zero-order chi connectivity index (χ0) is 31.3. The Labute approximate surface area is 280 Å². The molecule has 45 heavy (non-hydrogen) atoms. The summed E-state index contributed by atoms with van der Waals surface area (Å²) in [5, 5.41) is 1.83. The zero-order valence-electron chi connectivity index (χ0n) is 24.8. The summed E-state index contributed by atoms with van der Waals surface area (Å²) in [7, 11) is 0. The van der Waals surface area contributed by atoms with Crippen LogP contribution in [-0.4, -0.2) is 66.2 Å². The first kappa shape index (κ1) is 31.0. The van der Waals surface area contributed by atoms with Gasteiger partial charge in [-0.1, -0.05) is 60.7 Å². The number of amides is 3. The molecule has 6 rings (SSSR count). The van der Waals surface area contributed by atoms with E-state index in [0.29, 0.717) is 56.5 Å². The summed E-state index contributed by atoms with van der Waals surface area (Å²) in [6.45, 7) is 4.89. The van der Waals surface area contributed by atoms with E-state index in [0.717, 1.165) is 42.3 Å². The highest BCUT2D eigenvalue weighted by Crippen LogP contribution is 2.38. The van der Waals surface area contributed by atoms with Crippen molar-refractivity contribution in [2.24, 2.45) is 0 Å². The fourth-order valence-corrected chi connectivity index (χ4v) is 7.14. The number of fused-ring (bicyclic) bond motifs is 1.